The van der Waals surface area contributed by atoms with Crippen molar-refractivity contribution in [3.63, 3.8) is 0 Å². The second kappa shape index (κ2) is 8.98. The number of alkyl halides is 3. The molecule has 4 rings (SSSR count). The number of benzene rings is 2. The normalized spacial score (nSPS) is 14.7. The first-order valence-electron chi connectivity index (χ1n) is 10.3. The summed E-state index contributed by atoms with van der Waals surface area (Å²) in [5, 5.41) is 0. The summed E-state index contributed by atoms with van der Waals surface area (Å²) in [7, 11) is 0. The highest BCUT2D eigenvalue weighted by molar-refractivity contribution is 5.67. The summed E-state index contributed by atoms with van der Waals surface area (Å²) >= 11 is 0. The van der Waals surface area contributed by atoms with E-state index in [1.54, 1.807) is 18.3 Å². The summed E-state index contributed by atoms with van der Waals surface area (Å²) in [5.74, 6) is 0.398. The lowest BCUT2D eigenvalue weighted by molar-refractivity contribution is -0.138. The Morgan fingerprint density at radius 3 is 2.39 bits per heavy atom. The Morgan fingerprint density at radius 2 is 1.68 bits per heavy atom. The molecule has 0 spiro atoms. The largest absolute Gasteiger partial charge is 0.485 e. The zero-order valence-corrected chi connectivity index (χ0v) is 17.0. The fraction of sp³-hybridized carbons (Fsp3) is 0.292. The van der Waals surface area contributed by atoms with Gasteiger partial charge >= 0.3 is 6.18 Å². The molecule has 1 aliphatic rings. The first-order valence-corrected chi connectivity index (χ1v) is 10.3. The standard InChI is InChI=1S/C24H24F3N3O/c25-24(26,27)21-6-2-1-5-19(21)16-31-22-13-20(14-29-23(22)28)18-9-7-17(8-10-18)15-30-11-3-4-12-30/h1-2,5-10,13-14H,3-4,11-12,15-16H2,(H2,28,29). The third kappa shape index (κ3) is 5.17. The van der Waals surface area contributed by atoms with Gasteiger partial charge in [-0.05, 0) is 49.2 Å². The van der Waals surface area contributed by atoms with Crippen molar-refractivity contribution < 1.29 is 17.9 Å². The van der Waals surface area contributed by atoms with Crippen LogP contribution < -0.4 is 10.5 Å². The van der Waals surface area contributed by atoms with Crippen LogP contribution >= 0.6 is 0 Å². The van der Waals surface area contributed by atoms with Crippen LogP contribution in [0.25, 0.3) is 11.1 Å². The Hall–Kier alpha value is -3.06. The number of hydrogen-bond donors (Lipinski definition) is 1. The topological polar surface area (TPSA) is 51.4 Å². The van der Waals surface area contributed by atoms with Gasteiger partial charge in [0.05, 0.1) is 5.56 Å². The van der Waals surface area contributed by atoms with Crippen LogP contribution in [0.3, 0.4) is 0 Å². The van der Waals surface area contributed by atoms with Crippen molar-refractivity contribution in [3.8, 4) is 16.9 Å². The molecule has 31 heavy (non-hydrogen) atoms. The van der Waals surface area contributed by atoms with Crippen LogP contribution in [0.2, 0.25) is 0 Å². The van der Waals surface area contributed by atoms with E-state index in [-0.39, 0.29) is 23.7 Å². The molecule has 0 bridgehead atoms. The first-order chi connectivity index (χ1) is 14.9. The minimum absolute atomic E-state index is 0.0473. The predicted molar refractivity (Wildman–Crippen MR) is 114 cm³/mol. The number of hydrogen-bond acceptors (Lipinski definition) is 4. The number of pyridine rings is 1. The molecular weight excluding hydrogens is 403 g/mol. The van der Waals surface area contributed by atoms with E-state index in [9.17, 15) is 13.2 Å². The van der Waals surface area contributed by atoms with Gasteiger partial charge in [0.1, 0.15) is 6.61 Å². The maximum atomic E-state index is 13.2. The SMILES string of the molecule is Nc1ncc(-c2ccc(CN3CCCC3)cc2)cc1OCc1ccccc1C(F)(F)F. The Balaban J connectivity index is 1.49. The molecule has 2 heterocycles. The molecule has 0 amide bonds. The molecule has 0 atom stereocenters. The van der Waals surface area contributed by atoms with E-state index in [0.717, 1.165) is 36.8 Å². The van der Waals surface area contributed by atoms with Crippen LogP contribution in [0.5, 0.6) is 5.75 Å². The number of likely N-dealkylation sites (tertiary alicyclic amines) is 1. The van der Waals surface area contributed by atoms with Crippen molar-refractivity contribution in [2.45, 2.75) is 32.2 Å². The summed E-state index contributed by atoms with van der Waals surface area (Å²) in [6.07, 6.45) is -0.291. The number of nitrogens with zero attached hydrogens (tertiary/aromatic N) is 2. The molecule has 0 saturated carbocycles. The van der Waals surface area contributed by atoms with E-state index in [4.69, 9.17) is 10.5 Å². The lowest BCUT2D eigenvalue weighted by Crippen LogP contribution is -2.18. The van der Waals surface area contributed by atoms with Crippen molar-refractivity contribution in [2.75, 3.05) is 18.8 Å². The highest BCUT2D eigenvalue weighted by atomic mass is 19.4. The molecular formula is C24H24F3N3O. The molecule has 1 aromatic heterocycles. The Kier molecular flexibility index (Phi) is 6.13. The fourth-order valence-corrected chi connectivity index (χ4v) is 3.81. The number of nitrogens with two attached hydrogens (primary N) is 1. The van der Waals surface area contributed by atoms with Gasteiger partial charge in [-0.3, -0.25) is 4.90 Å². The zero-order valence-electron chi connectivity index (χ0n) is 17.0. The number of rotatable bonds is 6. The van der Waals surface area contributed by atoms with Crippen LogP contribution in [0, 0.1) is 0 Å². The van der Waals surface area contributed by atoms with Crippen LogP contribution in [-0.2, 0) is 19.3 Å². The van der Waals surface area contributed by atoms with Gasteiger partial charge in [0.15, 0.2) is 11.6 Å². The number of halogens is 3. The van der Waals surface area contributed by atoms with Crippen molar-refractivity contribution in [2.24, 2.45) is 0 Å². The Morgan fingerprint density at radius 1 is 0.968 bits per heavy atom. The average Bonchev–Trinajstić information content (AvgIpc) is 3.26. The predicted octanol–water partition coefficient (Wildman–Crippen LogP) is 5.52. The third-order valence-corrected chi connectivity index (χ3v) is 5.48. The highest BCUT2D eigenvalue weighted by Gasteiger charge is 2.33. The van der Waals surface area contributed by atoms with Gasteiger partial charge in [-0.2, -0.15) is 13.2 Å². The van der Waals surface area contributed by atoms with E-state index >= 15 is 0 Å². The van der Waals surface area contributed by atoms with Crippen molar-refractivity contribution in [1.29, 1.82) is 0 Å². The van der Waals surface area contributed by atoms with Crippen LogP contribution in [0.15, 0.2) is 60.8 Å². The average molecular weight is 427 g/mol. The summed E-state index contributed by atoms with van der Waals surface area (Å²) in [6, 6.07) is 15.3. The van der Waals surface area contributed by atoms with E-state index < -0.39 is 11.7 Å². The number of nitrogen functional groups attached to an aromatic ring is 1. The van der Waals surface area contributed by atoms with Gasteiger partial charge in [-0.15, -0.1) is 0 Å². The Labute approximate surface area is 179 Å². The quantitative estimate of drug-likeness (QED) is 0.562. The van der Waals surface area contributed by atoms with E-state index in [1.807, 2.05) is 12.1 Å². The molecule has 1 aliphatic heterocycles. The summed E-state index contributed by atoms with van der Waals surface area (Å²) in [4.78, 5) is 6.60. The van der Waals surface area contributed by atoms with E-state index in [2.05, 4.69) is 22.0 Å². The maximum Gasteiger partial charge on any atom is 0.416 e. The molecule has 7 heteroatoms. The molecule has 0 aliphatic carbocycles. The Bertz CT molecular complexity index is 1030. The molecule has 162 valence electrons. The smallest absolute Gasteiger partial charge is 0.416 e. The molecule has 1 saturated heterocycles. The third-order valence-electron chi connectivity index (χ3n) is 5.48. The lowest BCUT2D eigenvalue weighted by Gasteiger charge is -2.15. The number of aromatic nitrogens is 1. The minimum Gasteiger partial charge on any atom is -0.485 e. The summed E-state index contributed by atoms with van der Waals surface area (Å²) in [6.45, 7) is 2.97. The minimum atomic E-state index is -4.44. The molecule has 0 unspecified atom stereocenters. The van der Waals surface area contributed by atoms with Gasteiger partial charge < -0.3 is 10.5 Å². The van der Waals surface area contributed by atoms with Crippen molar-refractivity contribution in [3.05, 3.63) is 77.5 Å². The van der Waals surface area contributed by atoms with Crippen LogP contribution in [0.1, 0.15) is 29.5 Å². The molecule has 2 aromatic carbocycles. The molecule has 0 radical (unpaired) electrons. The van der Waals surface area contributed by atoms with Gasteiger partial charge in [-0.25, -0.2) is 4.98 Å². The monoisotopic (exact) mass is 427 g/mol. The second-order valence-electron chi connectivity index (χ2n) is 7.73. The maximum absolute atomic E-state index is 13.2. The number of anilines is 1. The molecule has 3 aromatic rings. The van der Waals surface area contributed by atoms with Crippen molar-refractivity contribution in [1.82, 2.24) is 9.88 Å². The van der Waals surface area contributed by atoms with Gasteiger partial charge in [0.2, 0.25) is 0 Å². The van der Waals surface area contributed by atoms with Gasteiger partial charge in [0.25, 0.3) is 0 Å². The van der Waals surface area contributed by atoms with Crippen LogP contribution in [-0.4, -0.2) is 23.0 Å². The fourth-order valence-electron chi connectivity index (χ4n) is 3.81. The zero-order chi connectivity index (χ0) is 21.8. The van der Waals surface area contributed by atoms with Crippen LogP contribution in [0.4, 0.5) is 19.0 Å². The highest BCUT2D eigenvalue weighted by Crippen LogP contribution is 2.33. The van der Waals surface area contributed by atoms with Gasteiger partial charge in [-0.1, -0.05) is 42.5 Å². The van der Waals surface area contributed by atoms with Crippen molar-refractivity contribution >= 4 is 5.82 Å². The molecule has 1 fully saturated rings. The second-order valence-corrected chi connectivity index (χ2v) is 7.73. The van der Waals surface area contributed by atoms with Gasteiger partial charge in [0, 0.05) is 23.9 Å². The first kappa shape index (κ1) is 21.2. The van der Waals surface area contributed by atoms with E-state index in [1.165, 1.54) is 30.5 Å². The number of ether oxygens (including phenoxy) is 1. The van der Waals surface area contributed by atoms with E-state index in [0.29, 0.717) is 0 Å². The molecule has 4 nitrogen and oxygen atoms in total. The summed E-state index contributed by atoms with van der Waals surface area (Å²) < 4.78 is 45.3. The summed E-state index contributed by atoms with van der Waals surface area (Å²) in [5.41, 5.74) is 8.22. The lowest BCUT2D eigenvalue weighted by atomic mass is 10.0. The molecule has 2 N–H and O–H groups in total.